The molecule has 0 heterocycles. The maximum absolute atomic E-state index is 11.0. The van der Waals surface area contributed by atoms with E-state index in [0.717, 1.165) is 0 Å². The molecule has 2 N–H and O–H groups in total. The predicted octanol–water partition coefficient (Wildman–Crippen LogP) is 0.872. The molecule has 0 saturated carbocycles. The Kier molecular flexibility index (Phi) is 7.64. The van der Waals surface area contributed by atoms with E-state index in [1.54, 1.807) is 6.07 Å². The van der Waals surface area contributed by atoms with Gasteiger partial charge >= 0.3 is 8.25 Å². The number of benzene rings is 1. The molecule has 17 heavy (non-hydrogen) atoms. The van der Waals surface area contributed by atoms with Crippen LogP contribution in [0.15, 0.2) is 29.2 Å². The fourth-order valence-corrected chi connectivity index (χ4v) is 2.24. The fourth-order valence-electron chi connectivity index (χ4n) is 1.21. The molecule has 0 saturated heterocycles. The Morgan fingerprint density at radius 2 is 1.88 bits per heavy atom. The zero-order valence-corrected chi connectivity index (χ0v) is 12.9. The standard InChI is InChI=1S/C8H11O6PS.Zr/c9-15(10)14-6-5-7-3-1-2-4-8(7)16(11,12)13;/h1-4,15H,5-6H2,(H,9,10)(H,11,12,13);. The van der Waals surface area contributed by atoms with Gasteiger partial charge in [0.05, 0.1) is 11.5 Å². The van der Waals surface area contributed by atoms with E-state index < -0.39 is 18.4 Å². The Labute approximate surface area is 119 Å². The quantitative estimate of drug-likeness (QED) is 0.599. The minimum Gasteiger partial charge on any atom is -0.326 e. The molecule has 0 aromatic heterocycles. The summed E-state index contributed by atoms with van der Waals surface area (Å²) in [5.41, 5.74) is 0.341. The smallest absolute Gasteiger partial charge is 0.316 e. The zero-order chi connectivity index (χ0) is 12.2. The second kappa shape index (κ2) is 7.57. The van der Waals surface area contributed by atoms with Crippen LogP contribution in [0.2, 0.25) is 0 Å². The summed E-state index contributed by atoms with van der Waals surface area (Å²) in [6.07, 6.45) is 0.132. The summed E-state index contributed by atoms with van der Waals surface area (Å²) >= 11 is 0. The van der Waals surface area contributed by atoms with E-state index in [4.69, 9.17) is 9.45 Å². The molecular weight excluding hydrogens is 346 g/mol. The second-order valence-electron chi connectivity index (χ2n) is 2.95. The van der Waals surface area contributed by atoms with Gasteiger partial charge in [0, 0.05) is 26.2 Å². The van der Waals surface area contributed by atoms with E-state index in [9.17, 15) is 13.0 Å². The average Bonchev–Trinajstić information content (AvgIpc) is 2.16. The van der Waals surface area contributed by atoms with Crippen molar-refractivity contribution in [3.8, 4) is 0 Å². The summed E-state index contributed by atoms with van der Waals surface area (Å²) < 4.78 is 45.5. The summed E-state index contributed by atoms with van der Waals surface area (Å²) in [6.45, 7) is -0.0825. The Morgan fingerprint density at radius 3 is 2.41 bits per heavy atom. The molecule has 0 bridgehead atoms. The van der Waals surface area contributed by atoms with Crippen molar-refractivity contribution in [3.63, 3.8) is 0 Å². The molecular formula is C8H11O6PSZr. The molecule has 94 valence electrons. The first-order chi connectivity index (χ1) is 7.41. The third kappa shape index (κ3) is 6.04. The molecule has 0 aliphatic carbocycles. The van der Waals surface area contributed by atoms with E-state index in [1.807, 2.05) is 0 Å². The van der Waals surface area contributed by atoms with Crippen molar-refractivity contribution in [2.45, 2.75) is 11.3 Å². The van der Waals surface area contributed by atoms with E-state index in [0.29, 0.717) is 5.56 Å². The molecule has 0 radical (unpaired) electrons. The van der Waals surface area contributed by atoms with Gasteiger partial charge in [-0.15, -0.1) is 0 Å². The molecule has 1 aromatic carbocycles. The molecule has 0 spiro atoms. The number of hydrogen-bond acceptors (Lipinski definition) is 4. The van der Waals surface area contributed by atoms with Crippen molar-refractivity contribution in [3.05, 3.63) is 29.8 Å². The Hall–Kier alpha value is 0.163. The van der Waals surface area contributed by atoms with Gasteiger partial charge in [0.2, 0.25) is 0 Å². The maximum Gasteiger partial charge on any atom is 0.316 e. The molecule has 0 aliphatic rings. The van der Waals surface area contributed by atoms with Crippen LogP contribution in [0.25, 0.3) is 0 Å². The van der Waals surface area contributed by atoms with Crippen LogP contribution in [-0.4, -0.2) is 24.5 Å². The average molecular weight is 357 g/mol. The van der Waals surface area contributed by atoms with Crippen LogP contribution in [0, 0.1) is 0 Å². The van der Waals surface area contributed by atoms with Gasteiger partial charge in [0.25, 0.3) is 10.1 Å². The zero-order valence-electron chi connectivity index (χ0n) is 8.66. The van der Waals surface area contributed by atoms with E-state index in [1.165, 1.54) is 18.2 Å². The predicted molar refractivity (Wildman–Crippen MR) is 57.1 cm³/mol. The van der Waals surface area contributed by atoms with Crippen LogP contribution in [0.3, 0.4) is 0 Å². The van der Waals surface area contributed by atoms with Crippen molar-refractivity contribution in [2.75, 3.05) is 6.61 Å². The fraction of sp³-hybridized carbons (Fsp3) is 0.250. The van der Waals surface area contributed by atoms with Crippen LogP contribution in [0.5, 0.6) is 0 Å². The SMILES string of the molecule is O=[PH](O)OCCc1ccccc1S(=O)(=O)O.[Zr]. The van der Waals surface area contributed by atoms with Gasteiger partial charge in [-0.05, 0) is 18.1 Å². The molecule has 1 unspecified atom stereocenters. The second-order valence-corrected chi connectivity index (χ2v) is 5.16. The van der Waals surface area contributed by atoms with Gasteiger partial charge in [-0.2, -0.15) is 8.42 Å². The largest absolute Gasteiger partial charge is 0.326 e. The number of rotatable bonds is 5. The minimum absolute atomic E-state index is 0. The molecule has 1 atom stereocenters. The number of hydrogen-bond donors (Lipinski definition) is 2. The Bertz CT molecular complexity index is 489. The minimum atomic E-state index is -4.27. The molecule has 9 heteroatoms. The monoisotopic (exact) mass is 356 g/mol. The van der Waals surface area contributed by atoms with Gasteiger partial charge in [-0.25, -0.2) is 0 Å². The summed E-state index contributed by atoms with van der Waals surface area (Å²) in [7, 11) is -7.29. The molecule has 6 nitrogen and oxygen atoms in total. The topological polar surface area (TPSA) is 101 Å². The van der Waals surface area contributed by atoms with Gasteiger partial charge in [0.1, 0.15) is 0 Å². The molecule has 1 rings (SSSR count). The van der Waals surface area contributed by atoms with Gasteiger partial charge < -0.3 is 9.42 Å². The normalized spacial score (nSPS) is 12.8. The van der Waals surface area contributed by atoms with E-state index in [2.05, 4.69) is 4.52 Å². The Morgan fingerprint density at radius 1 is 1.29 bits per heavy atom. The Balaban J connectivity index is 0.00000256. The van der Waals surface area contributed by atoms with Crippen LogP contribution >= 0.6 is 8.25 Å². The van der Waals surface area contributed by atoms with Crippen molar-refractivity contribution in [1.29, 1.82) is 0 Å². The summed E-state index contributed by atoms with van der Waals surface area (Å²) in [6, 6.07) is 5.84. The van der Waals surface area contributed by atoms with Crippen molar-refractivity contribution in [2.24, 2.45) is 0 Å². The van der Waals surface area contributed by atoms with Crippen molar-refractivity contribution < 1.29 is 53.2 Å². The maximum atomic E-state index is 11.0. The van der Waals surface area contributed by atoms with Crippen molar-refractivity contribution in [1.82, 2.24) is 0 Å². The molecule has 1 aromatic rings. The first-order valence-electron chi connectivity index (χ1n) is 4.32. The van der Waals surface area contributed by atoms with Crippen LogP contribution in [-0.2, 0) is 51.8 Å². The molecule has 0 amide bonds. The van der Waals surface area contributed by atoms with E-state index in [-0.39, 0.29) is 44.1 Å². The summed E-state index contributed by atoms with van der Waals surface area (Å²) in [5.74, 6) is 0. The van der Waals surface area contributed by atoms with Gasteiger partial charge in [-0.1, -0.05) is 18.2 Å². The molecule has 0 aliphatic heterocycles. The van der Waals surface area contributed by atoms with E-state index >= 15 is 0 Å². The van der Waals surface area contributed by atoms with Crippen LogP contribution < -0.4 is 0 Å². The third-order valence-corrected chi connectivity index (χ3v) is 3.25. The third-order valence-electron chi connectivity index (χ3n) is 1.85. The first kappa shape index (κ1) is 17.2. The van der Waals surface area contributed by atoms with Gasteiger partial charge in [0.15, 0.2) is 0 Å². The summed E-state index contributed by atoms with van der Waals surface area (Å²) in [4.78, 5) is 8.20. The first-order valence-corrected chi connectivity index (χ1v) is 7.03. The molecule has 0 fully saturated rings. The summed E-state index contributed by atoms with van der Waals surface area (Å²) in [5, 5.41) is 0. The van der Waals surface area contributed by atoms with Crippen LogP contribution in [0.4, 0.5) is 0 Å². The van der Waals surface area contributed by atoms with Gasteiger partial charge in [-0.3, -0.25) is 9.12 Å². The van der Waals surface area contributed by atoms with Crippen LogP contribution in [0.1, 0.15) is 5.56 Å². The van der Waals surface area contributed by atoms with Crippen molar-refractivity contribution >= 4 is 18.4 Å².